The van der Waals surface area contributed by atoms with Crippen molar-refractivity contribution in [2.75, 3.05) is 30.5 Å². The normalized spacial score (nSPS) is 27.9. The first-order chi connectivity index (χ1) is 21.8. The van der Waals surface area contributed by atoms with E-state index in [-0.39, 0.29) is 36.0 Å². The number of hydrogen-bond donors (Lipinski definition) is 1. The van der Waals surface area contributed by atoms with Crippen molar-refractivity contribution in [3.05, 3.63) is 66.2 Å². The fraction of sp³-hybridized carbons (Fsp3) is 0.500. The molecule has 45 heavy (non-hydrogen) atoms. The van der Waals surface area contributed by atoms with E-state index in [4.69, 9.17) is 4.74 Å². The van der Waals surface area contributed by atoms with Crippen LogP contribution in [-0.4, -0.2) is 44.3 Å². The lowest BCUT2D eigenvalue weighted by molar-refractivity contribution is -0.137. The van der Waals surface area contributed by atoms with E-state index in [1.807, 2.05) is 66.4 Å². The van der Waals surface area contributed by atoms with Crippen LogP contribution >= 0.6 is 0 Å². The zero-order valence-corrected chi connectivity index (χ0v) is 26.8. The number of nitrogens with zero attached hydrogens (tertiary/aromatic N) is 2. The van der Waals surface area contributed by atoms with Gasteiger partial charge in [0.1, 0.15) is 11.7 Å². The molecule has 4 aliphatic carbocycles. The van der Waals surface area contributed by atoms with Crippen LogP contribution in [0.2, 0.25) is 0 Å². The van der Waals surface area contributed by atoms with Crippen LogP contribution in [0.15, 0.2) is 60.7 Å². The first kappa shape index (κ1) is 30.0. The summed E-state index contributed by atoms with van der Waals surface area (Å²) in [6, 6.07) is 19.5. The first-order valence-electron chi connectivity index (χ1n) is 16.8. The minimum absolute atomic E-state index is 0.0695. The lowest BCUT2D eigenvalue weighted by atomic mass is 9.49. The molecule has 3 aromatic rings. The summed E-state index contributed by atoms with van der Waals surface area (Å²) in [4.78, 5) is 46.8. The number of rotatable bonds is 10. The van der Waals surface area contributed by atoms with E-state index in [1.54, 1.807) is 19.1 Å². The molecule has 1 N–H and O–H groups in total. The summed E-state index contributed by atoms with van der Waals surface area (Å²) < 4.78 is 5.82. The Balaban J connectivity index is 1.33. The molecule has 7 nitrogen and oxygen atoms in total. The average Bonchev–Trinajstić information content (AvgIpc) is 3.11. The zero-order chi connectivity index (χ0) is 31.3. The molecule has 0 aromatic heterocycles. The van der Waals surface area contributed by atoms with Gasteiger partial charge in [-0.25, -0.2) is 0 Å². The molecular weight excluding hydrogens is 562 g/mol. The van der Waals surface area contributed by atoms with E-state index in [1.165, 1.54) is 19.3 Å². The molecule has 4 saturated carbocycles. The van der Waals surface area contributed by atoms with Gasteiger partial charge in [0.05, 0.1) is 31.1 Å². The van der Waals surface area contributed by atoms with E-state index >= 15 is 0 Å². The van der Waals surface area contributed by atoms with Crippen LogP contribution in [0.3, 0.4) is 0 Å². The number of carbonyl (C=O) groups is 3. The van der Waals surface area contributed by atoms with Gasteiger partial charge in [-0.05, 0) is 104 Å². The Morgan fingerprint density at radius 1 is 0.889 bits per heavy atom. The highest BCUT2D eigenvalue weighted by molar-refractivity contribution is 6.19. The summed E-state index contributed by atoms with van der Waals surface area (Å²) in [5, 5.41) is 5.14. The number of nitrogens with one attached hydrogen (secondary N) is 1. The predicted molar refractivity (Wildman–Crippen MR) is 177 cm³/mol. The lowest BCUT2D eigenvalue weighted by Gasteiger charge is -2.57. The van der Waals surface area contributed by atoms with Crippen LogP contribution < -0.4 is 19.9 Å². The first-order valence-corrected chi connectivity index (χ1v) is 16.8. The zero-order valence-electron chi connectivity index (χ0n) is 26.8. The standard InChI is InChI=1S/C38H45N3O4/c1-4-31(39-2)34(42)18-29-36(43)40(22-30-28-10-6-5-9-27(28)13-14-35(30)45-3)32-11-7-8-12-33(32)41(37(29)44)23-38-19-24-15-25(20-38)17-26(16-24)21-38/h5-14,24-26,29,31,39H,4,15-23H2,1-3H3/t24?,25?,26?,29?,31-,38?/m0/s1. The molecule has 1 aliphatic heterocycles. The molecule has 7 heteroatoms. The van der Waals surface area contributed by atoms with E-state index in [9.17, 15) is 14.4 Å². The largest absolute Gasteiger partial charge is 0.496 e. The SMILES string of the molecule is CC[C@H](NC)C(=O)CC1C(=O)N(Cc2c(OC)ccc3ccccc23)c2ccccc2N(CC23CC4CC(CC(C4)C2)C3)C1=O. The van der Waals surface area contributed by atoms with Crippen molar-refractivity contribution in [3.8, 4) is 5.75 Å². The van der Waals surface area contributed by atoms with Crippen LogP contribution in [-0.2, 0) is 20.9 Å². The minimum atomic E-state index is -1.10. The Bertz CT molecular complexity index is 1590. The summed E-state index contributed by atoms with van der Waals surface area (Å²) in [5.41, 5.74) is 2.43. The maximum Gasteiger partial charge on any atom is 0.240 e. The molecule has 1 unspecified atom stereocenters. The van der Waals surface area contributed by atoms with Crippen LogP contribution in [0, 0.1) is 29.1 Å². The van der Waals surface area contributed by atoms with Gasteiger partial charge in [0.15, 0.2) is 5.78 Å². The highest BCUT2D eigenvalue weighted by Gasteiger charge is 2.53. The average molecular weight is 608 g/mol. The maximum absolute atomic E-state index is 14.8. The van der Waals surface area contributed by atoms with Crippen molar-refractivity contribution in [1.29, 1.82) is 0 Å². The summed E-state index contributed by atoms with van der Waals surface area (Å²) in [6.07, 6.45) is 7.89. The number of likely N-dealkylation sites (N-methyl/N-ethyl adjacent to an activating group) is 1. The Morgan fingerprint density at radius 3 is 2.11 bits per heavy atom. The number of carbonyl (C=O) groups excluding carboxylic acids is 3. The van der Waals surface area contributed by atoms with Gasteiger partial charge < -0.3 is 19.9 Å². The molecule has 5 aliphatic rings. The Morgan fingerprint density at radius 2 is 1.49 bits per heavy atom. The van der Waals surface area contributed by atoms with Gasteiger partial charge in [-0.2, -0.15) is 0 Å². The van der Waals surface area contributed by atoms with Crippen molar-refractivity contribution in [3.63, 3.8) is 0 Å². The second kappa shape index (κ2) is 11.9. The van der Waals surface area contributed by atoms with Gasteiger partial charge in [0.25, 0.3) is 0 Å². The van der Waals surface area contributed by atoms with Crippen molar-refractivity contribution in [2.24, 2.45) is 29.1 Å². The monoisotopic (exact) mass is 607 g/mol. The molecule has 4 bridgehead atoms. The fourth-order valence-corrected chi connectivity index (χ4v) is 9.72. The number of amides is 2. The highest BCUT2D eigenvalue weighted by Crippen LogP contribution is 2.60. The molecule has 8 rings (SSSR count). The molecule has 2 amide bonds. The lowest BCUT2D eigenvalue weighted by Crippen LogP contribution is -2.53. The Labute approximate surface area is 266 Å². The summed E-state index contributed by atoms with van der Waals surface area (Å²) in [5.74, 6) is 1.15. The van der Waals surface area contributed by atoms with Crippen LogP contribution in [0.1, 0.15) is 63.9 Å². The number of ether oxygens (including phenoxy) is 1. The summed E-state index contributed by atoms with van der Waals surface area (Å²) in [7, 11) is 3.41. The maximum atomic E-state index is 14.8. The fourth-order valence-electron chi connectivity index (χ4n) is 9.72. The molecule has 0 saturated heterocycles. The van der Waals surface area contributed by atoms with E-state index in [0.29, 0.717) is 24.4 Å². The second-order valence-electron chi connectivity index (χ2n) is 14.2. The third-order valence-electron chi connectivity index (χ3n) is 11.3. The third kappa shape index (κ3) is 5.33. The van der Waals surface area contributed by atoms with Gasteiger partial charge in [-0.1, -0.05) is 49.4 Å². The van der Waals surface area contributed by atoms with Gasteiger partial charge in [-0.3, -0.25) is 14.4 Å². The van der Waals surface area contributed by atoms with Crippen molar-refractivity contribution in [1.82, 2.24) is 5.32 Å². The number of hydrogen-bond acceptors (Lipinski definition) is 5. The molecule has 4 fully saturated rings. The van der Waals surface area contributed by atoms with Crippen LogP contribution in [0.5, 0.6) is 5.75 Å². The number of fused-ring (bicyclic) bond motifs is 2. The third-order valence-corrected chi connectivity index (χ3v) is 11.3. The van der Waals surface area contributed by atoms with E-state index in [0.717, 1.165) is 59.0 Å². The topological polar surface area (TPSA) is 79.0 Å². The molecule has 3 aromatic carbocycles. The van der Waals surface area contributed by atoms with Gasteiger partial charge >= 0.3 is 0 Å². The van der Waals surface area contributed by atoms with Crippen LogP contribution in [0.25, 0.3) is 10.8 Å². The Hall–Kier alpha value is -3.71. The van der Waals surface area contributed by atoms with Gasteiger partial charge in [-0.15, -0.1) is 0 Å². The van der Waals surface area contributed by atoms with Gasteiger partial charge in [0, 0.05) is 18.5 Å². The highest BCUT2D eigenvalue weighted by atomic mass is 16.5. The van der Waals surface area contributed by atoms with Crippen molar-refractivity contribution < 1.29 is 19.1 Å². The number of anilines is 2. The van der Waals surface area contributed by atoms with Crippen molar-refractivity contribution >= 4 is 39.7 Å². The number of Topliss-reactive ketones (excluding diaryl/α,β-unsaturated/α-hetero) is 1. The Kier molecular flexibility index (Phi) is 7.93. The summed E-state index contributed by atoms with van der Waals surface area (Å²) in [6.45, 7) is 2.79. The van der Waals surface area contributed by atoms with Crippen LogP contribution in [0.4, 0.5) is 11.4 Å². The number of para-hydroxylation sites is 2. The number of benzene rings is 3. The molecular formula is C38H45N3O4. The van der Waals surface area contributed by atoms with E-state index < -0.39 is 12.0 Å². The predicted octanol–water partition coefficient (Wildman–Crippen LogP) is 6.52. The molecule has 2 atom stereocenters. The minimum Gasteiger partial charge on any atom is -0.496 e. The second-order valence-corrected chi connectivity index (χ2v) is 14.2. The molecule has 1 heterocycles. The quantitative estimate of drug-likeness (QED) is 0.266. The van der Waals surface area contributed by atoms with E-state index in [2.05, 4.69) is 11.4 Å². The molecule has 0 spiro atoms. The summed E-state index contributed by atoms with van der Waals surface area (Å²) >= 11 is 0. The van der Waals surface area contributed by atoms with Gasteiger partial charge in [0.2, 0.25) is 11.8 Å². The smallest absolute Gasteiger partial charge is 0.240 e. The molecule has 236 valence electrons. The number of methoxy groups -OCH3 is 1. The van der Waals surface area contributed by atoms with Crippen molar-refractivity contribution in [2.45, 2.75) is 70.9 Å². The molecule has 0 radical (unpaired) electrons. The number of ketones is 1.